The third kappa shape index (κ3) is 2.86. The summed E-state index contributed by atoms with van der Waals surface area (Å²) in [6.07, 6.45) is 2.61. The van der Waals surface area contributed by atoms with Crippen molar-refractivity contribution in [2.75, 3.05) is 38.2 Å². The third-order valence-electron chi connectivity index (χ3n) is 5.05. The molecular weight excluding hydrogens is 304 g/mol. The highest BCUT2D eigenvalue weighted by Gasteiger charge is 2.47. The van der Waals surface area contributed by atoms with Crippen molar-refractivity contribution in [3.05, 3.63) is 48.4 Å². The van der Waals surface area contributed by atoms with Crippen molar-refractivity contribution in [3.8, 4) is 5.75 Å². The van der Waals surface area contributed by atoms with Crippen LogP contribution in [0.25, 0.3) is 0 Å². The Bertz CT molecular complexity index is 688. The van der Waals surface area contributed by atoms with Gasteiger partial charge in [-0.1, -0.05) is 0 Å². The molecule has 0 N–H and O–H groups in total. The summed E-state index contributed by atoms with van der Waals surface area (Å²) in [5.41, 5.74) is 1.18. The van der Waals surface area contributed by atoms with Crippen molar-refractivity contribution in [2.24, 2.45) is 5.92 Å². The van der Waals surface area contributed by atoms with Gasteiger partial charge in [-0.2, -0.15) is 0 Å². The minimum atomic E-state index is 0.115. The molecule has 1 aliphatic carbocycles. The lowest BCUT2D eigenvalue weighted by Gasteiger charge is -2.36. The molecule has 1 amide bonds. The number of piperazine rings is 1. The number of rotatable bonds is 4. The Morgan fingerprint density at radius 1 is 1.12 bits per heavy atom. The molecule has 2 atom stereocenters. The van der Waals surface area contributed by atoms with Gasteiger partial charge in [0.2, 0.25) is 5.91 Å². The molecule has 0 unspecified atom stereocenters. The van der Waals surface area contributed by atoms with Crippen LogP contribution in [0.5, 0.6) is 5.75 Å². The first kappa shape index (κ1) is 15.1. The lowest BCUT2D eigenvalue weighted by Crippen LogP contribution is -2.49. The highest BCUT2D eigenvalue weighted by atomic mass is 16.5. The summed E-state index contributed by atoms with van der Waals surface area (Å²) in [7, 11) is 1.67. The summed E-state index contributed by atoms with van der Waals surface area (Å²) in [5, 5.41) is 0. The van der Waals surface area contributed by atoms with E-state index in [2.05, 4.69) is 17.0 Å². The number of amides is 1. The predicted octanol–water partition coefficient (Wildman–Crippen LogP) is 2.74. The number of anilines is 1. The van der Waals surface area contributed by atoms with Gasteiger partial charge < -0.3 is 19.0 Å². The fourth-order valence-electron chi connectivity index (χ4n) is 3.50. The van der Waals surface area contributed by atoms with Crippen LogP contribution in [0.2, 0.25) is 0 Å². The standard InChI is InChI=1S/C19H22N2O3/c1-23-15-6-4-14(5-7-15)20-8-10-21(11-9-20)19(22)17-13-16(17)18-3-2-12-24-18/h2-7,12,16-17H,8-11,13H2,1H3/t16-,17+/m1/s1. The van der Waals surface area contributed by atoms with Gasteiger partial charge in [0, 0.05) is 43.7 Å². The van der Waals surface area contributed by atoms with Crippen molar-refractivity contribution in [1.82, 2.24) is 4.90 Å². The number of hydrogen-bond donors (Lipinski definition) is 0. The Morgan fingerprint density at radius 3 is 2.50 bits per heavy atom. The van der Waals surface area contributed by atoms with E-state index in [-0.39, 0.29) is 17.7 Å². The lowest BCUT2D eigenvalue weighted by molar-refractivity contribution is -0.133. The van der Waals surface area contributed by atoms with Crippen LogP contribution >= 0.6 is 0 Å². The quantitative estimate of drug-likeness (QED) is 0.867. The molecule has 1 saturated carbocycles. The van der Waals surface area contributed by atoms with E-state index in [0.29, 0.717) is 0 Å². The van der Waals surface area contributed by atoms with Crippen molar-refractivity contribution in [2.45, 2.75) is 12.3 Å². The van der Waals surface area contributed by atoms with E-state index in [4.69, 9.17) is 9.15 Å². The minimum Gasteiger partial charge on any atom is -0.497 e. The topological polar surface area (TPSA) is 45.9 Å². The molecule has 0 spiro atoms. The molecule has 5 nitrogen and oxygen atoms in total. The van der Waals surface area contributed by atoms with Crippen molar-refractivity contribution in [1.29, 1.82) is 0 Å². The zero-order valence-corrected chi connectivity index (χ0v) is 13.9. The molecule has 4 rings (SSSR count). The Hall–Kier alpha value is -2.43. The summed E-state index contributed by atoms with van der Waals surface area (Å²) in [5.74, 6) is 2.50. The van der Waals surface area contributed by atoms with E-state index in [0.717, 1.165) is 44.1 Å². The number of hydrogen-bond acceptors (Lipinski definition) is 4. The number of nitrogens with zero attached hydrogens (tertiary/aromatic N) is 2. The summed E-state index contributed by atoms with van der Waals surface area (Å²) in [6, 6.07) is 12.0. The fourth-order valence-corrected chi connectivity index (χ4v) is 3.50. The Kier molecular flexibility index (Phi) is 3.92. The molecule has 2 aromatic rings. The molecule has 2 fully saturated rings. The molecule has 24 heavy (non-hydrogen) atoms. The maximum Gasteiger partial charge on any atom is 0.226 e. The van der Waals surface area contributed by atoms with Gasteiger partial charge in [-0.25, -0.2) is 0 Å². The van der Waals surface area contributed by atoms with Gasteiger partial charge in [0.25, 0.3) is 0 Å². The van der Waals surface area contributed by atoms with E-state index in [9.17, 15) is 4.79 Å². The second-order valence-corrected chi connectivity index (χ2v) is 6.47. The van der Waals surface area contributed by atoms with E-state index in [1.165, 1.54) is 5.69 Å². The second-order valence-electron chi connectivity index (χ2n) is 6.47. The zero-order valence-electron chi connectivity index (χ0n) is 13.9. The summed E-state index contributed by atoms with van der Waals surface area (Å²) >= 11 is 0. The smallest absolute Gasteiger partial charge is 0.226 e. The van der Waals surface area contributed by atoms with E-state index >= 15 is 0 Å². The highest BCUT2D eigenvalue weighted by molar-refractivity contribution is 5.83. The van der Waals surface area contributed by atoms with Crippen LogP contribution in [0.4, 0.5) is 5.69 Å². The molecule has 0 bridgehead atoms. The van der Waals surface area contributed by atoms with Gasteiger partial charge in [-0.15, -0.1) is 0 Å². The number of carbonyl (C=O) groups excluding carboxylic acids is 1. The Morgan fingerprint density at radius 2 is 1.88 bits per heavy atom. The van der Waals surface area contributed by atoms with Crippen molar-refractivity contribution in [3.63, 3.8) is 0 Å². The zero-order chi connectivity index (χ0) is 16.5. The molecule has 1 aromatic heterocycles. The average Bonchev–Trinajstić information content (AvgIpc) is 3.26. The molecule has 2 heterocycles. The second kappa shape index (κ2) is 6.23. The third-order valence-corrected chi connectivity index (χ3v) is 5.05. The van der Waals surface area contributed by atoms with Crippen molar-refractivity contribution < 1.29 is 13.9 Å². The van der Waals surface area contributed by atoms with Crippen LogP contribution in [-0.2, 0) is 4.79 Å². The lowest BCUT2D eigenvalue weighted by atomic mass is 10.2. The number of methoxy groups -OCH3 is 1. The van der Waals surface area contributed by atoms with Gasteiger partial charge >= 0.3 is 0 Å². The largest absolute Gasteiger partial charge is 0.497 e. The first-order valence-corrected chi connectivity index (χ1v) is 8.47. The maximum atomic E-state index is 12.6. The number of ether oxygens (including phenoxy) is 1. The highest BCUT2D eigenvalue weighted by Crippen LogP contribution is 2.48. The maximum absolute atomic E-state index is 12.6. The molecule has 0 radical (unpaired) electrons. The summed E-state index contributed by atoms with van der Waals surface area (Å²) < 4.78 is 10.6. The Labute approximate surface area is 141 Å². The molecule has 5 heteroatoms. The van der Waals surface area contributed by atoms with Crippen LogP contribution in [0.1, 0.15) is 18.1 Å². The summed E-state index contributed by atoms with van der Waals surface area (Å²) in [4.78, 5) is 17.0. The molecule has 1 aromatic carbocycles. The SMILES string of the molecule is COc1ccc(N2CCN(C(=O)[C@H]3C[C@H]3c3ccco3)CC2)cc1. The monoisotopic (exact) mass is 326 g/mol. The molecule has 2 aliphatic rings. The first-order valence-electron chi connectivity index (χ1n) is 8.47. The molecule has 126 valence electrons. The van der Waals surface area contributed by atoms with Gasteiger partial charge in [0.15, 0.2) is 0 Å². The average molecular weight is 326 g/mol. The predicted molar refractivity (Wildman–Crippen MR) is 91.3 cm³/mol. The van der Waals surface area contributed by atoms with Crippen LogP contribution in [0.3, 0.4) is 0 Å². The van der Waals surface area contributed by atoms with E-state index in [1.54, 1.807) is 13.4 Å². The van der Waals surface area contributed by atoms with Crippen molar-refractivity contribution >= 4 is 11.6 Å². The molecular formula is C19H22N2O3. The van der Waals surface area contributed by atoms with Gasteiger partial charge in [0.05, 0.1) is 13.4 Å². The van der Waals surface area contributed by atoms with Crippen LogP contribution in [-0.4, -0.2) is 44.1 Å². The van der Waals surface area contributed by atoms with Gasteiger partial charge in [0.1, 0.15) is 11.5 Å². The van der Waals surface area contributed by atoms with Crippen LogP contribution < -0.4 is 9.64 Å². The van der Waals surface area contributed by atoms with Gasteiger partial charge in [-0.3, -0.25) is 4.79 Å². The van der Waals surface area contributed by atoms with Gasteiger partial charge in [-0.05, 0) is 42.8 Å². The fraction of sp³-hybridized carbons (Fsp3) is 0.421. The minimum absolute atomic E-state index is 0.115. The molecule has 1 saturated heterocycles. The van der Waals surface area contributed by atoms with E-state index in [1.807, 2.05) is 29.2 Å². The van der Waals surface area contributed by atoms with Crippen LogP contribution in [0.15, 0.2) is 47.1 Å². The number of furan rings is 1. The first-order chi connectivity index (χ1) is 11.8. The summed E-state index contributed by atoms with van der Waals surface area (Å²) in [6.45, 7) is 3.31. The molecule has 1 aliphatic heterocycles. The van der Waals surface area contributed by atoms with Crippen LogP contribution in [0, 0.1) is 5.92 Å². The van der Waals surface area contributed by atoms with E-state index < -0.39 is 0 Å². The number of benzene rings is 1. The normalized spacial score (nSPS) is 23.2. The Balaban J connectivity index is 1.32. The number of carbonyl (C=O) groups is 1.